The van der Waals surface area contributed by atoms with Crippen LogP contribution in [0, 0.1) is 0 Å². The average molecular weight is 227 g/mol. The van der Waals surface area contributed by atoms with Crippen molar-refractivity contribution in [2.24, 2.45) is 0 Å². The van der Waals surface area contributed by atoms with E-state index in [0.29, 0.717) is 17.1 Å². The number of amides is 1. The van der Waals surface area contributed by atoms with Gasteiger partial charge in [-0.05, 0) is 38.2 Å². The standard InChI is InChI=1S/C11H15ClN2O/c1-13-6-3-7-14-11(15)9-4-2-5-10(12)8-9/h2,4-5,8,13H,3,6-7H2,1H3,(H,14,15). The van der Waals surface area contributed by atoms with Gasteiger partial charge in [0.15, 0.2) is 0 Å². The van der Waals surface area contributed by atoms with Crippen LogP contribution in [0.15, 0.2) is 24.3 Å². The van der Waals surface area contributed by atoms with E-state index in [1.165, 1.54) is 0 Å². The van der Waals surface area contributed by atoms with Crippen LogP contribution in [-0.4, -0.2) is 26.0 Å². The van der Waals surface area contributed by atoms with E-state index in [9.17, 15) is 4.79 Å². The molecule has 1 aromatic rings. The minimum absolute atomic E-state index is 0.0754. The maximum absolute atomic E-state index is 11.6. The Labute approximate surface area is 94.8 Å². The summed E-state index contributed by atoms with van der Waals surface area (Å²) in [4.78, 5) is 11.6. The molecule has 4 heteroatoms. The second-order valence-corrected chi connectivity index (χ2v) is 3.66. The van der Waals surface area contributed by atoms with Crippen molar-refractivity contribution in [3.05, 3.63) is 34.9 Å². The van der Waals surface area contributed by atoms with Gasteiger partial charge in [-0.15, -0.1) is 0 Å². The minimum Gasteiger partial charge on any atom is -0.352 e. The van der Waals surface area contributed by atoms with Gasteiger partial charge >= 0.3 is 0 Å². The van der Waals surface area contributed by atoms with Gasteiger partial charge in [0.2, 0.25) is 0 Å². The fourth-order valence-corrected chi connectivity index (χ4v) is 1.39. The smallest absolute Gasteiger partial charge is 0.251 e. The molecular formula is C11H15ClN2O. The van der Waals surface area contributed by atoms with Gasteiger partial charge in [-0.2, -0.15) is 0 Å². The van der Waals surface area contributed by atoms with Crippen LogP contribution in [0.2, 0.25) is 5.02 Å². The Morgan fingerprint density at radius 1 is 1.40 bits per heavy atom. The molecule has 1 amide bonds. The summed E-state index contributed by atoms with van der Waals surface area (Å²) >= 11 is 5.78. The molecule has 0 saturated carbocycles. The number of halogens is 1. The first-order valence-corrected chi connectivity index (χ1v) is 5.30. The Morgan fingerprint density at radius 3 is 2.87 bits per heavy atom. The van der Waals surface area contributed by atoms with Crippen molar-refractivity contribution >= 4 is 17.5 Å². The van der Waals surface area contributed by atoms with E-state index in [4.69, 9.17) is 11.6 Å². The molecule has 0 aliphatic rings. The molecule has 0 aliphatic carbocycles. The lowest BCUT2D eigenvalue weighted by atomic mass is 10.2. The van der Waals surface area contributed by atoms with E-state index in [1.54, 1.807) is 24.3 Å². The highest BCUT2D eigenvalue weighted by atomic mass is 35.5. The summed E-state index contributed by atoms with van der Waals surface area (Å²) < 4.78 is 0. The molecule has 0 atom stereocenters. The Kier molecular flexibility index (Phi) is 5.15. The number of hydrogen-bond acceptors (Lipinski definition) is 2. The second kappa shape index (κ2) is 6.43. The van der Waals surface area contributed by atoms with Crippen molar-refractivity contribution in [3.63, 3.8) is 0 Å². The van der Waals surface area contributed by atoms with Crippen LogP contribution in [0.1, 0.15) is 16.8 Å². The van der Waals surface area contributed by atoms with E-state index in [2.05, 4.69) is 10.6 Å². The van der Waals surface area contributed by atoms with Gasteiger partial charge in [-0.3, -0.25) is 4.79 Å². The lowest BCUT2D eigenvalue weighted by Gasteiger charge is -2.04. The van der Waals surface area contributed by atoms with Gasteiger partial charge in [-0.25, -0.2) is 0 Å². The molecule has 0 unspecified atom stereocenters. The van der Waals surface area contributed by atoms with E-state index in [-0.39, 0.29) is 5.91 Å². The van der Waals surface area contributed by atoms with E-state index in [1.807, 2.05) is 7.05 Å². The molecule has 15 heavy (non-hydrogen) atoms. The van der Waals surface area contributed by atoms with Gasteiger partial charge in [0.05, 0.1) is 0 Å². The van der Waals surface area contributed by atoms with Crippen LogP contribution < -0.4 is 10.6 Å². The molecule has 2 N–H and O–H groups in total. The number of nitrogens with one attached hydrogen (secondary N) is 2. The van der Waals surface area contributed by atoms with E-state index < -0.39 is 0 Å². The number of hydrogen-bond donors (Lipinski definition) is 2. The third-order valence-electron chi connectivity index (χ3n) is 1.98. The Bertz CT molecular complexity index is 328. The lowest BCUT2D eigenvalue weighted by Crippen LogP contribution is -2.26. The van der Waals surface area contributed by atoms with Crippen molar-refractivity contribution in [2.45, 2.75) is 6.42 Å². The van der Waals surface area contributed by atoms with Gasteiger partial charge in [0.25, 0.3) is 5.91 Å². The summed E-state index contributed by atoms with van der Waals surface area (Å²) in [5, 5.41) is 6.42. The van der Waals surface area contributed by atoms with Crippen LogP contribution in [-0.2, 0) is 0 Å². The molecule has 0 bridgehead atoms. The SMILES string of the molecule is CNCCCNC(=O)c1cccc(Cl)c1. The number of benzene rings is 1. The Hall–Kier alpha value is -1.06. The zero-order valence-corrected chi connectivity index (χ0v) is 9.47. The summed E-state index contributed by atoms with van der Waals surface area (Å²) in [6.07, 6.45) is 0.919. The van der Waals surface area contributed by atoms with Crippen LogP contribution in [0.5, 0.6) is 0 Å². The van der Waals surface area contributed by atoms with Gasteiger partial charge in [-0.1, -0.05) is 17.7 Å². The number of carbonyl (C=O) groups is 1. The predicted octanol–water partition coefficient (Wildman–Crippen LogP) is 1.68. The van der Waals surface area contributed by atoms with Gasteiger partial charge in [0.1, 0.15) is 0 Å². The molecule has 0 spiro atoms. The highest BCUT2D eigenvalue weighted by Crippen LogP contribution is 2.10. The summed E-state index contributed by atoms with van der Waals surface area (Å²) in [6, 6.07) is 6.93. The van der Waals surface area contributed by atoms with E-state index in [0.717, 1.165) is 13.0 Å². The van der Waals surface area contributed by atoms with Gasteiger partial charge in [0, 0.05) is 17.1 Å². The third kappa shape index (κ3) is 4.32. The van der Waals surface area contributed by atoms with Crippen LogP contribution in [0.25, 0.3) is 0 Å². The average Bonchev–Trinajstić information content (AvgIpc) is 2.24. The summed E-state index contributed by atoms with van der Waals surface area (Å²) in [5.74, 6) is -0.0754. The number of carbonyl (C=O) groups excluding carboxylic acids is 1. The van der Waals surface area contributed by atoms with Crippen LogP contribution in [0.3, 0.4) is 0 Å². The number of rotatable bonds is 5. The van der Waals surface area contributed by atoms with Crippen molar-refractivity contribution in [1.29, 1.82) is 0 Å². The highest BCUT2D eigenvalue weighted by Gasteiger charge is 2.03. The zero-order valence-electron chi connectivity index (χ0n) is 8.72. The van der Waals surface area contributed by atoms with Crippen molar-refractivity contribution < 1.29 is 4.79 Å². The molecule has 82 valence electrons. The maximum atomic E-state index is 11.6. The summed E-state index contributed by atoms with van der Waals surface area (Å²) in [7, 11) is 1.89. The third-order valence-corrected chi connectivity index (χ3v) is 2.21. The quantitative estimate of drug-likeness (QED) is 0.751. The molecule has 0 aliphatic heterocycles. The summed E-state index contributed by atoms with van der Waals surface area (Å²) in [6.45, 7) is 1.57. The maximum Gasteiger partial charge on any atom is 0.251 e. The normalized spacial score (nSPS) is 10.0. The molecule has 0 aromatic heterocycles. The molecule has 0 radical (unpaired) electrons. The highest BCUT2D eigenvalue weighted by molar-refractivity contribution is 6.30. The molecule has 1 aromatic carbocycles. The van der Waals surface area contributed by atoms with Crippen molar-refractivity contribution in [3.8, 4) is 0 Å². The van der Waals surface area contributed by atoms with Crippen LogP contribution in [0.4, 0.5) is 0 Å². The van der Waals surface area contributed by atoms with Crippen LogP contribution >= 0.6 is 11.6 Å². The minimum atomic E-state index is -0.0754. The zero-order chi connectivity index (χ0) is 11.1. The van der Waals surface area contributed by atoms with Crippen molar-refractivity contribution in [1.82, 2.24) is 10.6 Å². The molecule has 0 heterocycles. The second-order valence-electron chi connectivity index (χ2n) is 3.22. The topological polar surface area (TPSA) is 41.1 Å². The Balaban J connectivity index is 2.40. The first-order chi connectivity index (χ1) is 7.24. The molecule has 0 fully saturated rings. The Morgan fingerprint density at radius 2 is 2.20 bits per heavy atom. The fourth-order valence-electron chi connectivity index (χ4n) is 1.20. The summed E-state index contributed by atoms with van der Waals surface area (Å²) in [5.41, 5.74) is 0.604. The molecule has 3 nitrogen and oxygen atoms in total. The monoisotopic (exact) mass is 226 g/mol. The molecule has 0 saturated heterocycles. The molecular weight excluding hydrogens is 212 g/mol. The fraction of sp³-hybridized carbons (Fsp3) is 0.364. The largest absolute Gasteiger partial charge is 0.352 e. The predicted molar refractivity (Wildman–Crippen MR) is 62.3 cm³/mol. The van der Waals surface area contributed by atoms with Gasteiger partial charge < -0.3 is 10.6 Å². The molecule has 1 rings (SSSR count). The van der Waals surface area contributed by atoms with Crippen molar-refractivity contribution in [2.75, 3.05) is 20.1 Å². The first kappa shape index (κ1) is 12.0. The lowest BCUT2D eigenvalue weighted by molar-refractivity contribution is 0.0953. The first-order valence-electron chi connectivity index (χ1n) is 4.92. The van der Waals surface area contributed by atoms with E-state index >= 15 is 0 Å².